The van der Waals surface area contributed by atoms with Gasteiger partial charge in [-0.3, -0.25) is 0 Å². The summed E-state index contributed by atoms with van der Waals surface area (Å²) in [5.74, 6) is 0. The van der Waals surface area contributed by atoms with Gasteiger partial charge in [0, 0.05) is 17.1 Å². The Hall–Kier alpha value is 2.03. The van der Waals surface area contributed by atoms with Gasteiger partial charge in [0.15, 0.2) is 0 Å². The molecule has 0 saturated carbocycles. The van der Waals surface area contributed by atoms with Gasteiger partial charge < -0.3 is 16.1 Å². The molecule has 0 spiro atoms. The molecule has 0 unspecified atom stereocenters. The average Bonchev–Trinajstić information content (AvgIpc) is 0.722. The Labute approximate surface area is 87.8 Å². The summed E-state index contributed by atoms with van der Waals surface area (Å²) in [4.78, 5) is 21.6. The summed E-state index contributed by atoms with van der Waals surface area (Å²) in [6.45, 7) is 0. The van der Waals surface area contributed by atoms with Crippen molar-refractivity contribution in [1.29, 1.82) is 0 Å². The standard InChI is InChI=1S/Fe.Li.H3O4P.Sn.3H/c;;1-5(2,3)4;;;;/h;;(H3,1,2,3,4);;;;/q;+1;;;;;-1. The quantitative estimate of drug-likeness (QED) is 0.308. The second-order valence-electron chi connectivity index (χ2n) is 0.513. The molecule has 2 radical (unpaired) electrons. The molecule has 4 nitrogen and oxygen atoms in total. The van der Waals surface area contributed by atoms with E-state index in [-0.39, 0.29) is 61.3 Å². The summed E-state index contributed by atoms with van der Waals surface area (Å²) in [6, 6.07) is 0. The summed E-state index contributed by atoms with van der Waals surface area (Å²) in [6.07, 6.45) is 0. The molecule has 0 heterocycles. The number of hydrogen-bond acceptors (Lipinski definition) is 1. The van der Waals surface area contributed by atoms with E-state index in [0.29, 0.717) is 0 Å². The fourth-order valence-corrected chi connectivity index (χ4v) is 0. The van der Waals surface area contributed by atoms with Crippen LogP contribution in [0, 0.1) is 0 Å². The Bertz CT molecular complexity index is 66.7. The molecule has 3 N–H and O–H groups in total. The van der Waals surface area contributed by atoms with E-state index >= 15 is 0 Å². The Morgan fingerprint density at radius 1 is 1.25 bits per heavy atom. The number of hydrogen-bond donors (Lipinski definition) is 3. The van der Waals surface area contributed by atoms with Crippen molar-refractivity contribution in [3.8, 4) is 0 Å². The summed E-state index contributed by atoms with van der Waals surface area (Å²) in [5, 5.41) is 0. The van der Waals surface area contributed by atoms with Gasteiger partial charge in [0.2, 0.25) is 0 Å². The summed E-state index contributed by atoms with van der Waals surface area (Å²) >= 11 is 0. The third-order valence-corrected chi connectivity index (χ3v) is 0. The van der Waals surface area contributed by atoms with E-state index in [1.807, 2.05) is 0 Å². The molecule has 0 aliphatic carbocycles. The van der Waals surface area contributed by atoms with Gasteiger partial charge in [-0.05, 0) is 0 Å². The van der Waals surface area contributed by atoms with Gasteiger partial charge >= 0.3 is 50.6 Å². The number of phosphoric acid groups is 1. The zero-order valence-electron chi connectivity index (χ0n) is 5.26. The predicted molar refractivity (Wildman–Crippen MR) is 23.9 cm³/mol. The van der Waals surface area contributed by atoms with E-state index in [0.717, 1.165) is 0 Å². The van der Waals surface area contributed by atoms with Crippen LogP contribution in [0.15, 0.2) is 0 Å². The maximum atomic E-state index is 8.88. The van der Waals surface area contributed by atoms with E-state index in [1.54, 1.807) is 0 Å². The second-order valence-corrected chi connectivity index (χ2v) is 1.54. The average molecular weight is 283 g/mol. The molecule has 0 fully saturated rings. The van der Waals surface area contributed by atoms with E-state index in [9.17, 15) is 0 Å². The molecule has 8 heavy (non-hydrogen) atoms. The zero-order chi connectivity index (χ0) is 4.50. The van der Waals surface area contributed by atoms with Gasteiger partial charge in [-0.15, -0.1) is 0 Å². The molecule has 0 atom stereocenters. The van der Waals surface area contributed by atoms with Gasteiger partial charge in [-0.2, -0.15) is 0 Å². The predicted octanol–water partition coefficient (Wildman–Crippen LogP) is -4.73. The zero-order valence-corrected chi connectivity index (χ0v) is 10.3. The van der Waals surface area contributed by atoms with Crippen molar-refractivity contribution >= 4 is 31.7 Å². The first kappa shape index (κ1) is 22.5. The summed E-state index contributed by atoms with van der Waals surface area (Å²) in [7, 11) is -4.64. The Morgan fingerprint density at radius 3 is 1.25 bits per heavy atom. The van der Waals surface area contributed by atoms with Crippen LogP contribution in [0.25, 0.3) is 0 Å². The van der Waals surface area contributed by atoms with Gasteiger partial charge in [0.1, 0.15) is 0 Å². The van der Waals surface area contributed by atoms with Crippen LogP contribution in [0.2, 0.25) is 0 Å². The van der Waals surface area contributed by atoms with Crippen LogP contribution in [0.3, 0.4) is 0 Å². The van der Waals surface area contributed by atoms with Crippen molar-refractivity contribution in [1.82, 2.24) is 0 Å². The topological polar surface area (TPSA) is 77.8 Å². The Morgan fingerprint density at radius 2 is 1.25 bits per heavy atom. The third kappa shape index (κ3) is 96.5. The van der Waals surface area contributed by atoms with Gasteiger partial charge in [-0.25, -0.2) is 4.57 Å². The van der Waals surface area contributed by atoms with Crippen molar-refractivity contribution in [2.45, 2.75) is 0 Å². The molecule has 0 amide bonds. The minimum atomic E-state index is -4.64. The molecule has 0 aromatic heterocycles. The third-order valence-electron chi connectivity index (χ3n) is 0. The van der Waals surface area contributed by atoms with Gasteiger partial charge in [0.05, 0.1) is 0 Å². The van der Waals surface area contributed by atoms with Crippen molar-refractivity contribution in [2.75, 3.05) is 0 Å². The number of rotatable bonds is 0. The van der Waals surface area contributed by atoms with Crippen LogP contribution in [0.5, 0.6) is 0 Å². The molecule has 0 bridgehead atoms. The fourth-order valence-electron chi connectivity index (χ4n) is 0. The van der Waals surface area contributed by atoms with Gasteiger partial charge in [0.25, 0.3) is 0 Å². The second kappa shape index (κ2) is 9.03. The van der Waals surface area contributed by atoms with Crippen molar-refractivity contribution < 1.29 is 56.6 Å². The minimum absolute atomic E-state index is 0. The monoisotopic (exact) mass is 284 g/mol. The van der Waals surface area contributed by atoms with Crippen molar-refractivity contribution in [2.24, 2.45) is 0 Å². The molecule has 0 aromatic carbocycles. The first-order chi connectivity index (χ1) is 2.00. The summed E-state index contributed by atoms with van der Waals surface area (Å²) < 4.78 is 8.88. The first-order valence-electron chi connectivity index (χ1n) is 0.783. The maximum absolute atomic E-state index is 8.88. The van der Waals surface area contributed by atoms with Crippen LogP contribution in [0.4, 0.5) is 0 Å². The molecule has 0 rings (SSSR count). The summed E-state index contributed by atoms with van der Waals surface area (Å²) in [5.41, 5.74) is 0. The SMILES string of the molecule is O=P(O)(O)O.[Fe].[H-].[Li+].[SnH2]. The van der Waals surface area contributed by atoms with Crippen LogP contribution in [-0.2, 0) is 21.6 Å². The van der Waals surface area contributed by atoms with Crippen molar-refractivity contribution in [3.63, 3.8) is 0 Å². The molecule has 0 aliphatic heterocycles. The Balaban J connectivity index is -0.0000000133. The van der Waals surface area contributed by atoms with E-state index < -0.39 is 7.82 Å². The fraction of sp³-hybridized carbons (Fsp3) is 0. The molecule has 48 valence electrons. The van der Waals surface area contributed by atoms with Crippen LogP contribution < -0.4 is 18.9 Å². The first-order valence-corrected chi connectivity index (χ1v) is 2.35. The normalized spacial score (nSPS) is 7.38. The van der Waals surface area contributed by atoms with Gasteiger partial charge in [-0.1, -0.05) is 0 Å². The van der Waals surface area contributed by atoms with Crippen LogP contribution in [0.1, 0.15) is 1.43 Å². The molecular weight excluding hydrogens is 276 g/mol. The molecule has 0 aliphatic rings. The molecule has 0 saturated heterocycles. The van der Waals surface area contributed by atoms with Crippen LogP contribution in [-0.4, -0.2) is 38.6 Å². The van der Waals surface area contributed by atoms with E-state index in [4.69, 9.17) is 19.2 Å². The van der Waals surface area contributed by atoms with E-state index in [2.05, 4.69) is 0 Å². The molecule has 8 heteroatoms. The molecule has 0 aromatic rings. The van der Waals surface area contributed by atoms with Crippen molar-refractivity contribution in [3.05, 3.63) is 0 Å². The molecular formula is H6FeLiO4PSn. The van der Waals surface area contributed by atoms with E-state index in [1.165, 1.54) is 0 Å². The van der Waals surface area contributed by atoms with Crippen LogP contribution >= 0.6 is 7.82 Å². The Kier molecular flexibility index (Phi) is 25.4.